The Hall–Kier alpha value is 0.0527. The molecule has 0 aliphatic rings. The number of methoxy groups -OCH3 is 2. The second kappa shape index (κ2) is 22.8. The van der Waals surface area contributed by atoms with Gasteiger partial charge >= 0.3 is 103 Å². The minimum Gasteiger partial charge on any atom is -1.00 e. The Bertz CT molecular complexity index is 1170. The molecule has 0 saturated heterocycles. The summed E-state index contributed by atoms with van der Waals surface area (Å²) in [4.78, 5) is 11.2. The van der Waals surface area contributed by atoms with Gasteiger partial charge in [0.1, 0.15) is 11.4 Å². The van der Waals surface area contributed by atoms with Crippen LogP contribution in [-0.2, 0) is 9.68 Å². The summed E-state index contributed by atoms with van der Waals surface area (Å²) in [5.74, 6) is 0.715. The number of H-pyrrole nitrogens is 1. The normalized spacial score (nSPS) is 8.76. The number of rotatable bonds is 4. The van der Waals surface area contributed by atoms with Crippen LogP contribution in [0.2, 0.25) is 0 Å². The van der Waals surface area contributed by atoms with Crippen molar-refractivity contribution in [3.63, 3.8) is 0 Å². The fourth-order valence-corrected chi connectivity index (χ4v) is 3.03. The first-order chi connectivity index (χ1) is 16.7. The predicted octanol–water partition coefficient (Wildman–Crippen LogP) is -1.18. The Balaban J connectivity index is -0.000000465. The Morgan fingerprint density at radius 2 is 1.57 bits per heavy atom. The number of carbonyl (C=O) groups is 1. The van der Waals surface area contributed by atoms with Crippen LogP contribution >= 0.6 is 31.9 Å². The van der Waals surface area contributed by atoms with Gasteiger partial charge in [-0.2, -0.15) is 10.2 Å². The van der Waals surface area contributed by atoms with Crippen LogP contribution in [0.5, 0.6) is 11.5 Å². The van der Waals surface area contributed by atoms with Crippen LogP contribution in [0.15, 0.2) is 69.9 Å². The molecule has 0 saturated carbocycles. The first-order valence-electron chi connectivity index (χ1n) is 9.79. The van der Waals surface area contributed by atoms with Crippen molar-refractivity contribution >= 4 is 38.3 Å². The minimum atomic E-state index is -0.342. The number of hydrogen-bond acceptors (Lipinski definition) is 7. The molecule has 37 heavy (non-hydrogen) atoms. The first-order valence-corrected chi connectivity index (χ1v) is 11.4. The smallest absolute Gasteiger partial charge is 1.00 e. The number of aromatic nitrogens is 4. The van der Waals surface area contributed by atoms with Crippen LogP contribution in [-0.4, -0.2) is 40.7 Å². The largest absolute Gasteiger partial charge is 1.00 e. The zero-order valence-electron chi connectivity index (χ0n) is 22.4. The fraction of sp³-hybridized carbons (Fsp3) is 0.174. The van der Waals surface area contributed by atoms with Crippen LogP contribution in [0.1, 0.15) is 12.8 Å². The van der Waals surface area contributed by atoms with Gasteiger partial charge in [0.15, 0.2) is 11.6 Å². The van der Waals surface area contributed by atoms with Crippen molar-refractivity contribution in [3.05, 3.63) is 87.1 Å². The topological polar surface area (TPSA) is 114 Å². The van der Waals surface area contributed by atoms with Crippen LogP contribution in [0, 0.1) is 19.7 Å². The molecule has 9 nitrogen and oxygen atoms in total. The van der Waals surface area contributed by atoms with Gasteiger partial charge in [0, 0.05) is 27.0 Å². The summed E-state index contributed by atoms with van der Waals surface area (Å²) >= 11 is 6.60. The zero-order chi connectivity index (χ0) is 26.2. The van der Waals surface area contributed by atoms with Gasteiger partial charge in [0.25, 0.3) is 6.47 Å². The number of halogens is 3. The molecule has 0 aliphatic carbocycles. The molecule has 0 spiro atoms. The second-order valence-electron chi connectivity index (χ2n) is 6.43. The van der Waals surface area contributed by atoms with Crippen molar-refractivity contribution in [2.24, 2.45) is 0 Å². The molecule has 0 amide bonds. The number of aryl methyl sites for hydroxylation is 2. The number of aromatic amines is 1. The van der Waals surface area contributed by atoms with Gasteiger partial charge in [0.2, 0.25) is 0 Å². The van der Waals surface area contributed by atoms with E-state index in [9.17, 15) is 4.39 Å². The molecule has 0 fully saturated rings. The van der Waals surface area contributed by atoms with E-state index < -0.39 is 0 Å². The van der Waals surface area contributed by atoms with Gasteiger partial charge in [-0.15, -0.1) is 0 Å². The third-order valence-electron chi connectivity index (χ3n) is 3.90. The quantitative estimate of drug-likeness (QED) is 0.124. The van der Waals surface area contributed by atoms with Crippen molar-refractivity contribution in [2.45, 2.75) is 13.8 Å². The second-order valence-corrected chi connectivity index (χ2v) is 8.26. The molecule has 0 atom stereocenters. The number of ether oxygens (including phenoxy) is 2. The average molecular weight is 694 g/mol. The van der Waals surface area contributed by atoms with Crippen molar-refractivity contribution in [2.75, 3.05) is 14.2 Å². The summed E-state index contributed by atoms with van der Waals surface area (Å²) in [7, 11) is 3.09. The molecule has 4 aromatic rings. The van der Waals surface area contributed by atoms with Crippen molar-refractivity contribution < 1.29 is 133 Å². The summed E-state index contributed by atoms with van der Waals surface area (Å²) in [5.41, 5.74) is 3.03. The minimum absolute atomic E-state index is 0. The van der Waals surface area contributed by atoms with Crippen LogP contribution in [0.4, 0.5) is 4.39 Å². The van der Waals surface area contributed by atoms with E-state index in [2.05, 4.69) is 52.0 Å². The predicted molar refractivity (Wildman–Crippen MR) is 135 cm³/mol. The van der Waals surface area contributed by atoms with E-state index in [-0.39, 0.29) is 122 Å². The molecule has 2 aromatic carbocycles. The molecular weight excluding hydrogens is 669 g/mol. The van der Waals surface area contributed by atoms with Gasteiger partial charge < -0.3 is 21.0 Å². The van der Waals surface area contributed by atoms with Gasteiger partial charge in [-0.3, -0.25) is 9.89 Å². The average Bonchev–Trinajstić information content (AvgIpc) is 3.52. The molecule has 0 aliphatic heterocycles. The molecule has 0 radical (unpaired) electrons. The number of nitrogens with one attached hydrogen (secondary N) is 1. The van der Waals surface area contributed by atoms with E-state index in [1.54, 1.807) is 30.1 Å². The maximum Gasteiger partial charge on any atom is 1.00 e. The SMILES string of the molecule is COc1cc(Br)ccc1-n1ccc(C)n1.COc1cc(Br)ccc1F.Cc1ccn[nH]1.O=CO[O-].[H-].[K+].[K+]. The Kier molecular flexibility index (Phi) is 24.2. The van der Waals surface area contributed by atoms with E-state index in [0.29, 0.717) is 0 Å². The monoisotopic (exact) mass is 692 g/mol. The summed E-state index contributed by atoms with van der Waals surface area (Å²) < 4.78 is 26.3. The van der Waals surface area contributed by atoms with Crippen molar-refractivity contribution in [3.8, 4) is 17.2 Å². The molecule has 2 heterocycles. The van der Waals surface area contributed by atoms with E-state index in [0.717, 1.165) is 31.8 Å². The molecular formula is C23H25Br2FK2N4O5. The maximum atomic E-state index is 12.6. The molecule has 190 valence electrons. The van der Waals surface area contributed by atoms with E-state index in [1.165, 1.54) is 13.2 Å². The standard InChI is InChI=1S/C11H11BrN2O.C7H6BrFO.C4H6N2.CH2O3.2K.H/c1-8-5-6-14(13-8)10-4-3-9(12)7-11(10)15-2;1-10-7-4-5(8)2-3-6(7)9;1-4-2-3-5-6-4;2-1-4-3;;;/h3-7H,1-2H3;2-4H,1H3;2-3H,1H3,(H,5,6);1,3H;;;/q;;;;2*+1;-1/p-1. The van der Waals surface area contributed by atoms with Crippen molar-refractivity contribution in [1.82, 2.24) is 20.0 Å². The van der Waals surface area contributed by atoms with Crippen LogP contribution < -0.4 is 118 Å². The maximum absolute atomic E-state index is 12.6. The third kappa shape index (κ3) is 16.0. The van der Waals surface area contributed by atoms with Gasteiger partial charge in [-0.25, -0.2) is 9.07 Å². The molecule has 0 bridgehead atoms. The van der Waals surface area contributed by atoms with Crippen LogP contribution in [0.3, 0.4) is 0 Å². The van der Waals surface area contributed by atoms with Gasteiger partial charge in [-0.05, 0) is 62.4 Å². The Labute approximate surface area is 318 Å². The van der Waals surface area contributed by atoms with Crippen molar-refractivity contribution in [1.29, 1.82) is 0 Å². The fourth-order valence-electron chi connectivity index (χ4n) is 2.35. The Morgan fingerprint density at radius 3 is 1.95 bits per heavy atom. The van der Waals surface area contributed by atoms with E-state index in [4.69, 9.17) is 19.5 Å². The molecule has 14 heteroatoms. The number of hydrogen-bond donors (Lipinski definition) is 1. The molecule has 0 unspecified atom stereocenters. The summed E-state index contributed by atoms with van der Waals surface area (Å²) in [6.07, 6.45) is 3.65. The van der Waals surface area contributed by atoms with Crippen LogP contribution in [0.25, 0.3) is 5.69 Å². The number of benzene rings is 2. The summed E-state index contributed by atoms with van der Waals surface area (Å²) in [5, 5.41) is 19.2. The zero-order valence-corrected chi connectivity index (χ0v) is 30.8. The molecule has 2 aromatic heterocycles. The van der Waals surface area contributed by atoms with Gasteiger partial charge in [0.05, 0.1) is 19.9 Å². The summed E-state index contributed by atoms with van der Waals surface area (Å²) in [6.45, 7) is 3.74. The number of carbonyl (C=O) groups excluding carboxylic acids is 1. The molecule has 4 rings (SSSR count). The van der Waals surface area contributed by atoms with Gasteiger partial charge in [-0.1, -0.05) is 31.9 Å². The third-order valence-corrected chi connectivity index (χ3v) is 4.89. The Morgan fingerprint density at radius 1 is 1.00 bits per heavy atom. The first kappa shape index (κ1) is 39.2. The van der Waals surface area contributed by atoms with E-state index in [1.807, 2.05) is 50.4 Å². The molecule has 1 N–H and O–H groups in total. The summed E-state index contributed by atoms with van der Waals surface area (Å²) in [6, 6.07) is 14.3. The van der Waals surface area contributed by atoms with E-state index >= 15 is 0 Å². The number of nitrogens with zero attached hydrogens (tertiary/aromatic N) is 3.